The standard InChI is InChI=1S/C19H14F3N3O3/c20-19(21,22)15-7-4-8-16(10-15)28-12-17(26)24-25-18(27)14(11-23)9-13-5-2-1-3-6-13/h1-10H,12H2,(H,24,26)(H,25,27)/b14-9-. The van der Waals surface area contributed by atoms with Gasteiger partial charge in [0.2, 0.25) is 0 Å². The lowest BCUT2D eigenvalue weighted by Crippen LogP contribution is -2.44. The van der Waals surface area contributed by atoms with Crippen molar-refractivity contribution >= 4 is 17.9 Å². The van der Waals surface area contributed by atoms with Gasteiger partial charge in [0.1, 0.15) is 17.4 Å². The summed E-state index contributed by atoms with van der Waals surface area (Å²) in [5, 5.41) is 9.06. The quantitative estimate of drug-likeness (QED) is 0.467. The first kappa shape index (κ1) is 20.5. The zero-order chi connectivity index (χ0) is 20.6. The zero-order valence-electron chi connectivity index (χ0n) is 14.3. The zero-order valence-corrected chi connectivity index (χ0v) is 14.3. The molecule has 28 heavy (non-hydrogen) atoms. The molecule has 6 nitrogen and oxygen atoms in total. The number of amides is 2. The molecule has 0 aliphatic heterocycles. The number of nitriles is 1. The Morgan fingerprint density at radius 1 is 1.07 bits per heavy atom. The van der Waals surface area contributed by atoms with Crippen molar-refractivity contribution < 1.29 is 27.5 Å². The van der Waals surface area contributed by atoms with Crippen molar-refractivity contribution in [2.75, 3.05) is 6.61 Å². The van der Waals surface area contributed by atoms with E-state index in [4.69, 9.17) is 10.00 Å². The molecule has 2 N–H and O–H groups in total. The third-order valence-electron chi connectivity index (χ3n) is 3.32. The van der Waals surface area contributed by atoms with Gasteiger partial charge in [-0.1, -0.05) is 36.4 Å². The smallest absolute Gasteiger partial charge is 0.416 e. The van der Waals surface area contributed by atoms with E-state index in [9.17, 15) is 22.8 Å². The van der Waals surface area contributed by atoms with Gasteiger partial charge in [0.15, 0.2) is 6.61 Å². The molecule has 0 aliphatic rings. The van der Waals surface area contributed by atoms with Crippen molar-refractivity contribution in [3.63, 3.8) is 0 Å². The molecule has 2 aromatic rings. The van der Waals surface area contributed by atoms with Crippen LogP contribution < -0.4 is 15.6 Å². The van der Waals surface area contributed by atoms with E-state index in [1.165, 1.54) is 12.1 Å². The van der Waals surface area contributed by atoms with Crippen molar-refractivity contribution in [3.05, 3.63) is 71.3 Å². The minimum absolute atomic E-state index is 0.155. The van der Waals surface area contributed by atoms with Crippen LogP contribution in [0.2, 0.25) is 0 Å². The van der Waals surface area contributed by atoms with Gasteiger partial charge in [-0.05, 0) is 29.8 Å². The Kier molecular flexibility index (Phi) is 6.76. The second kappa shape index (κ2) is 9.23. The topological polar surface area (TPSA) is 91.2 Å². The fourth-order valence-corrected chi connectivity index (χ4v) is 2.01. The summed E-state index contributed by atoms with van der Waals surface area (Å²) in [7, 11) is 0. The average molecular weight is 389 g/mol. The summed E-state index contributed by atoms with van der Waals surface area (Å²) in [6.07, 6.45) is -3.20. The van der Waals surface area contributed by atoms with E-state index in [0.717, 1.165) is 18.2 Å². The van der Waals surface area contributed by atoms with Gasteiger partial charge in [-0.25, -0.2) is 0 Å². The van der Waals surface area contributed by atoms with Crippen LogP contribution >= 0.6 is 0 Å². The van der Waals surface area contributed by atoms with Crippen LogP contribution in [0.4, 0.5) is 13.2 Å². The number of hydrogen-bond acceptors (Lipinski definition) is 4. The van der Waals surface area contributed by atoms with E-state index in [0.29, 0.717) is 5.56 Å². The summed E-state index contributed by atoms with van der Waals surface area (Å²) in [4.78, 5) is 23.6. The first-order valence-electron chi connectivity index (χ1n) is 7.85. The molecule has 9 heteroatoms. The van der Waals surface area contributed by atoms with Crippen LogP contribution in [-0.4, -0.2) is 18.4 Å². The SMILES string of the molecule is N#C/C(=C/c1ccccc1)C(=O)NNC(=O)COc1cccc(C(F)(F)F)c1. The first-order valence-corrected chi connectivity index (χ1v) is 7.85. The number of ether oxygens (including phenoxy) is 1. The molecule has 0 heterocycles. The molecule has 0 aromatic heterocycles. The Hall–Kier alpha value is -3.80. The number of nitrogens with zero attached hydrogens (tertiary/aromatic N) is 1. The molecule has 0 unspecified atom stereocenters. The number of alkyl halides is 3. The number of carbonyl (C=O) groups excluding carboxylic acids is 2. The normalized spacial score (nSPS) is 11.3. The van der Waals surface area contributed by atoms with Crippen LogP contribution in [0.1, 0.15) is 11.1 Å². The van der Waals surface area contributed by atoms with Gasteiger partial charge in [0, 0.05) is 0 Å². The Balaban J connectivity index is 1.88. The predicted molar refractivity (Wildman–Crippen MR) is 93.3 cm³/mol. The number of halogens is 3. The van der Waals surface area contributed by atoms with Gasteiger partial charge >= 0.3 is 6.18 Å². The fourth-order valence-electron chi connectivity index (χ4n) is 2.01. The highest BCUT2D eigenvalue weighted by Gasteiger charge is 2.30. The Morgan fingerprint density at radius 2 is 1.79 bits per heavy atom. The highest BCUT2D eigenvalue weighted by atomic mass is 19.4. The molecule has 0 spiro atoms. The van der Waals surface area contributed by atoms with Crippen molar-refractivity contribution in [1.82, 2.24) is 10.9 Å². The highest BCUT2D eigenvalue weighted by molar-refractivity contribution is 6.02. The Labute approximate surface area is 158 Å². The lowest BCUT2D eigenvalue weighted by atomic mass is 10.1. The second-order valence-corrected chi connectivity index (χ2v) is 5.40. The van der Waals surface area contributed by atoms with Crippen molar-refractivity contribution in [2.24, 2.45) is 0 Å². The molecule has 0 aliphatic carbocycles. The van der Waals surface area contributed by atoms with E-state index in [1.54, 1.807) is 36.4 Å². The van der Waals surface area contributed by atoms with E-state index in [2.05, 4.69) is 0 Å². The van der Waals surface area contributed by atoms with Crippen LogP contribution in [-0.2, 0) is 15.8 Å². The number of carbonyl (C=O) groups is 2. The molecule has 2 amide bonds. The molecule has 144 valence electrons. The number of benzene rings is 2. The van der Waals surface area contributed by atoms with Crippen molar-refractivity contribution in [2.45, 2.75) is 6.18 Å². The van der Waals surface area contributed by atoms with E-state index in [1.807, 2.05) is 10.9 Å². The summed E-state index contributed by atoms with van der Waals surface area (Å²) in [5.41, 5.74) is 3.52. The van der Waals surface area contributed by atoms with E-state index in [-0.39, 0.29) is 11.3 Å². The average Bonchev–Trinajstić information content (AvgIpc) is 2.69. The van der Waals surface area contributed by atoms with Crippen molar-refractivity contribution in [3.8, 4) is 11.8 Å². The molecular weight excluding hydrogens is 375 g/mol. The van der Waals surface area contributed by atoms with Crippen LogP contribution in [0.15, 0.2) is 60.2 Å². The second-order valence-electron chi connectivity index (χ2n) is 5.40. The molecule has 2 rings (SSSR count). The number of rotatable bonds is 5. The maximum absolute atomic E-state index is 12.6. The molecular formula is C19H14F3N3O3. The van der Waals surface area contributed by atoms with Gasteiger partial charge in [-0.3, -0.25) is 20.4 Å². The van der Waals surface area contributed by atoms with Crippen LogP contribution in [0, 0.1) is 11.3 Å². The number of hydrazine groups is 1. The number of nitrogens with one attached hydrogen (secondary N) is 2. The third-order valence-corrected chi connectivity index (χ3v) is 3.32. The van der Waals surface area contributed by atoms with Crippen LogP contribution in [0.5, 0.6) is 5.75 Å². The molecule has 2 aromatic carbocycles. The summed E-state index contributed by atoms with van der Waals surface area (Å²) >= 11 is 0. The van der Waals surface area contributed by atoms with Gasteiger partial charge in [-0.15, -0.1) is 0 Å². The Bertz CT molecular complexity index is 919. The van der Waals surface area contributed by atoms with Gasteiger partial charge in [0.05, 0.1) is 5.56 Å². The Morgan fingerprint density at radius 3 is 2.43 bits per heavy atom. The van der Waals surface area contributed by atoms with Gasteiger partial charge < -0.3 is 4.74 Å². The molecule has 0 radical (unpaired) electrons. The van der Waals surface area contributed by atoms with Gasteiger partial charge in [-0.2, -0.15) is 18.4 Å². The molecule has 0 atom stereocenters. The summed E-state index contributed by atoms with van der Waals surface area (Å²) < 4.78 is 42.9. The fraction of sp³-hybridized carbons (Fsp3) is 0.105. The third kappa shape index (κ3) is 6.17. The van der Waals surface area contributed by atoms with Gasteiger partial charge in [0.25, 0.3) is 11.8 Å². The largest absolute Gasteiger partial charge is 0.484 e. The molecule has 0 saturated carbocycles. The van der Waals surface area contributed by atoms with E-state index >= 15 is 0 Å². The monoisotopic (exact) mass is 389 g/mol. The highest BCUT2D eigenvalue weighted by Crippen LogP contribution is 2.31. The molecule has 0 saturated heterocycles. The molecule has 0 bridgehead atoms. The maximum atomic E-state index is 12.6. The number of hydrogen-bond donors (Lipinski definition) is 2. The van der Waals surface area contributed by atoms with Crippen LogP contribution in [0.25, 0.3) is 6.08 Å². The predicted octanol–water partition coefficient (Wildman–Crippen LogP) is 2.84. The summed E-state index contributed by atoms with van der Waals surface area (Å²) in [6.45, 7) is -0.633. The summed E-state index contributed by atoms with van der Waals surface area (Å²) in [6, 6.07) is 14.3. The minimum atomic E-state index is -4.53. The molecule has 0 fully saturated rings. The lowest BCUT2D eigenvalue weighted by molar-refractivity contribution is -0.137. The lowest BCUT2D eigenvalue weighted by Gasteiger charge is -2.10. The van der Waals surface area contributed by atoms with E-state index < -0.39 is 30.2 Å². The maximum Gasteiger partial charge on any atom is 0.416 e. The summed E-state index contributed by atoms with van der Waals surface area (Å²) in [5.74, 6) is -1.82. The minimum Gasteiger partial charge on any atom is -0.484 e. The van der Waals surface area contributed by atoms with Crippen LogP contribution in [0.3, 0.4) is 0 Å². The first-order chi connectivity index (χ1) is 13.3. The van der Waals surface area contributed by atoms with Crippen molar-refractivity contribution in [1.29, 1.82) is 5.26 Å².